The molecular formula is C19H23NO3. The number of carbonyl (C=O) groups is 2. The second-order valence-corrected chi connectivity index (χ2v) is 5.13. The molecule has 1 N–H and O–H groups in total. The molecule has 0 aliphatic carbocycles. The second-order valence-electron chi connectivity index (χ2n) is 5.13. The molecule has 0 radical (unpaired) electrons. The summed E-state index contributed by atoms with van der Waals surface area (Å²) >= 11 is 0. The number of nitrogens with zero attached hydrogens (tertiary/aromatic N) is 1. The first-order chi connectivity index (χ1) is 11.0. The summed E-state index contributed by atoms with van der Waals surface area (Å²) in [5.41, 5.74) is 2.06. The lowest BCUT2D eigenvalue weighted by molar-refractivity contribution is -0.141. The highest BCUT2D eigenvalue weighted by Crippen LogP contribution is 2.16. The Hall–Kier alpha value is -2.62. The van der Waals surface area contributed by atoms with Crippen LogP contribution in [-0.4, -0.2) is 29.4 Å². The Morgan fingerprint density at radius 3 is 1.78 bits per heavy atom. The third-order valence-corrected chi connectivity index (χ3v) is 3.30. The van der Waals surface area contributed by atoms with Crippen LogP contribution in [0, 0.1) is 6.92 Å². The maximum absolute atomic E-state index is 11.3. The zero-order chi connectivity index (χ0) is 17.2. The molecule has 0 aliphatic heterocycles. The number of likely N-dealkylation sites (N-methyl/N-ethyl adjacent to an activating group) is 1. The molecule has 0 saturated heterocycles. The van der Waals surface area contributed by atoms with E-state index in [0.29, 0.717) is 6.54 Å². The average Bonchev–Trinajstić information content (AvgIpc) is 2.53. The highest BCUT2D eigenvalue weighted by molar-refractivity contribution is 6.04. The van der Waals surface area contributed by atoms with Crippen LogP contribution in [0.3, 0.4) is 0 Å². The third-order valence-electron chi connectivity index (χ3n) is 3.30. The van der Waals surface area contributed by atoms with Crippen molar-refractivity contribution in [1.29, 1.82) is 0 Å². The average molecular weight is 313 g/mol. The standard InChI is InChI=1S/C12H15NO3.C7H8/c1-3-13(10-7-5-4-6-8-10)11(9(2)14)12(15)16;1-7-5-3-2-4-6-7/h4-8,11H,3H2,1-2H3,(H,15,16);2-6H,1H3. The van der Waals surface area contributed by atoms with Crippen molar-refractivity contribution in [2.24, 2.45) is 0 Å². The van der Waals surface area contributed by atoms with E-state index >= 15 is 0 Å². The van der Waals surface area contributed by atoms with Gasteiger partial charge in [0.05, 0.1) is 0 Å². The van der Waals surface area contributed by atoms with Crippen LogP contribution in [-0.2, 0) is 9.59 Å². The van der Waals surface area contributed by atoms with Crippen LogP contribution in [0.2, 0.25) is 0 Å². The van der Waals surface area contributed by atoms with Crippen molar-refractivity contribution in [2.75, 3.05) is 11.4 Å². The summed E-state index contributed by atoms with van der Waals surface area (Å²) in [6.45, 7) is 5.68. The highest BCUT2D eigenvalue weighted by atomic mass is 16.4. The van der Waals surface area contributed by atoms with Gasteiger partial charge in [-0.3, -0.25) is 4.79 Å². The van der Waals surface area contributed by atoms with Gasteiger partial charge in [0.25, 0.3) is 0 Å². The van der Waals surface area contributed by atoms with E-state index in [2.05, 4.69) is 19.1 Å². The van der Waals surface area contributed by atoms with Gasteiger partial charge in [0.2, 0.25) is 0 Å². The molecule has 0 amide bonds. The number of Topliss-reactive ketones (excluding diaryl/α,β-unsaturated/α-hetero) is 1. The van der Waals surface area contributed by atoms with Gasteiger partial charge in [-0.05, 0) is 32.9 Å². The molecule has 2 aromatic carbocycles. The summed E-state index contributed by atoms with van der Waals surface area (Å²) in [7, 11) is 0. The monoisotopic (exact) mass is 313 g/mol. The molecule has 122 valence electrons. The van der Waals surface area contributed by atoms with Crippen molar-refractivity contribution in [3.05, 3.63) is 66.2 Å². The van der Waals surface area contributed by atoms with Crippen LogP contribution in [0.15, 0.2) is 60.7 Å². The Balaban J connectivity index is 0.000000313. The van der Waals surface area contributed by atoms with E-state index in [4.69, 9.17) is 5.11 Å². The van der Waals surface area contributed by atoms with Gasteiger partial charge < -0.3 is 10.0 Å². The van der Waals surface area contributed by atoms with Crippen molar-refractivity contribution < 1.29 is 14.7 Å². The number of aryl methyl sites for hydroxylation is 1. The summed E-state index contributed by atoms with van der Waals surface area (Å²) in [6.07, 6.45) is 0. The molecule has 0 heterocycles. The molecule has 23 heavy (non-hydrogen) atoms. The normalized spacial score (nSPS) is 10.9. The molecule has 0 bridgehead atoms. The number of carboxylic acids is 1. The minimum absolute atomic E-state index is 0.363. The molecule has 2 aromatic rings. The van der Waals surface area contributed by atoms with E-state index < -0.39 is 12.0 Å². The molecule has 4 nitrogen and oxygen atoms in total. The van der Waals surface area contributed by atoms with Gasteiger partial charge in [-0.25, -0.2) is 4.79 Å². The maximum atomic E-state index is 11.3. The molecule has 1 atom stereocenters. The Bertz CT molecular complexity index is 597. The van der Waals surface area contributed by atoms with Crippen LogP contribution in [0.25, 0.3) is 0 Å². The first-order valence-electron chi connectivity index (χ1n) is 7.54. The number of hydrogen-bond acceptors (Lipinski definition) is 3. The first-order valence-corrected chi connectivity index (χ1v) is 7.54. The van der Waals surface area contributed by atoms with E-state index in [1.54, 1.807) is 17.0 Å². The van der Waals surface area contributed by atoms with Crippen LogP contribution in [0.1, 0.15) is 19.4 Å². The third kappa shape index (κ3) is 5.94. The summed E-state index contributed by atoms with van der Waals surface area (Å²) in [6, 6.07) is 18.2. The van der Waals surface area contributed by atoms with Gasteiger partial charge in [-0.15, -0.1) is 0 Å². The predicted molar refractivity (Wildman–Crippen MR) is 92.7 cm³/mol. The number of ketones is 1. The number of para-hydroxylation sites is 1. The number of hydrogen-bond donors (Lipinski definition) is 1. The smallest absolute Gasteiger partial charge is 0.334 e. The zero-order valence-corrected chi connectivity index (χ0v) is 13.8. The minimum atomic E-state index is -1.11. The van der Waals surface area contributed by atoms with Crippen molar-refractivity contribution in [1.82, 2.24) is 0 Å². The molecule has 0 saturated carbocycles. The van der Waals surface area contributed by atoms with Gasteiger partial charge in [0, 0.05) is 12.2 Å². The Kier molecular flexibility index (Phi) is 7.54. The molecule has 2 rings (SSSR count). The van der Waals surface area contributed by atoms with Gasteiger partial charge >= 0.3 is 5.97 Å². The van der Waals surface area contributed by atoms with E-state index in [1.807, 2.05) is 43.3 Å². The lowest BCUT2D eigenvalue weighted by Gasteiger charge is -2.27. The molecule has 1 unspecified atom stereocenters. The SMILES string of the molecule is CCN(c1ccccc1)C(C(C)=O)C(=O)O.Cc1ccccc1. The molecule has 0 fully saturated rings. The molecular weight excluding hydrogens is 290 g/mol. The number of carboxylic acid groups (broad SMARTS) is 1. The van der Waals surface area contributed by atoms with Crippen molar-refractivity contribution in [2.45, 2.75) is 26.8 Å². The number of anilines is 1. The van der Waals surface area contributed by atoms with Crippen LogP contribution < -0.4 is 4.90 Å². The topological polar surface area (TPSA) is 57.6 Å². The van der Waals surface area contributed by atoms with Crippen molar-refractivity contribution in [3.63, 3.8) is 0 Å². The number of rotatable bonds is 5. The van der Waals surface area contributed by atoms with E-state index in [1.165, 1.54) is 12.5 Å². The Morgan fingerprint density at radius 2 is 1.48 bits per heavy atom. The largest absolute Gasteiger partial charge is 0.479 e. The summed E-state index contributed by atoms with van der Waals surface area (Å²) in [5, 5.41) is 9.04. The fraction of sp³-hybridized carbons (Fsp3) is 0.263. The number of carbonyl (C=O) groups excluding carboxylic acids is 1. The van der Waals surface area contributed by atoms with E-state index in [0.717, 1.165) is 5.69 Å². The Labute approximate surface area is 137 Å². The molecule has 4 heteroatoms. The van der Waals surface area contributed by atoms with E-state index in [-0.39, 0.29) is 5.78 Å². The van der Waals surface area contributed by atoms with Crippen molar-refractivity contribution >= 4 is 17.4 Å². The summed E-state index contributed by atoms with van der Waals surface area (Å²) in [5.74, 6) is -1.48. The van der Waals surface area contributed by atoms with Gasteiger partial charge in [-0.1, -0.05) is 54.1 Å². The predicted octanol–water partition coefficient (Wildman–Crippen LogP) is 3.55. The zero-order valence-electron chi connectivity index (χ0n) is 13.8. The van der Waals surface area contributed by atoms with Crippen LogP contribution in [0.4, 0.5) is 5.69 Å². The highest BCUT2D eigenvalue weighted by Gasteiger charge is 2.28. The molecule has 0 spiro atoms. The quantitative estimate of drug-likeness (QED) is 0.858. The fourth-order valence-corrected chi connectivity index (χ4v) is 2.19. The number of aliphatic carboxylic acids is 1. The lowest BCUT2D eigenvalue weighted by atomic mass is 10.1. The Morgan fingerprint density at radius 1 is 1.00 bits per heavy atom. The minimum Gasteiger partial charge on any atom is -0.479 e. The summed E-state index contributed by atoms with van der Waals surface area (Å²) in [4.78, 5) is 24.0. The fourth-order valence-electron chi connectivity index (χ4n) is 2.19. The molecule has 0 aliphatic rings. The van der Waals surface area contributed by atoms with Crippen LogP contribution in [0.5, 0.6) is 0 Å². The lowest BCUT2D eigenvalue weighted by Crippen LogP contribution is -2.46. The van der Waals surface area contributed by atoms with Crippen molar-refractivity contribution in [3.8, 4) is 0 Å². The maximum Gasteiger partial charge on any atom is 0.334 e. The second kappa shape index (κ2) is 9.41. The van der Waals surface area contributed by atoms with Crippen LogP contribution >= 0.6 is 0 Å². The van der Waals surface area contributed by atoms with Gasteiger partial charge in [0.1, 0.15) is 0 Å². The van der Waals surface area contributed by atoms with Gasteiger partial charge in [-0.2, -0.15) is 0 Å². The molecule has 0 aromatic heterocycles. The van der Waals surface area contributed by atoms with Gasteiger partial charge in [0.15, 0.2) is 11.8 Å². The van der Waals surface area contributed by atoms with E-state index in [9.17, 15) is 9.59 Å². The number of benzene rings is 2. The summed E-state index contributed by atoms with van der Waals surface area (Å²) < 4.78 is 0. The first kappa shape index (κ1) is 18.4.